The molecule has 0 spiro atoms. The highest BCUT2D eigenvalue weighted by Crippen LogP contribution is 2.54. The Balaban J connectivity index is 1.85. The van der Waals surface area contributed by atoms with Crippen LogP contribution in [0.1, 0.15) is 24.1 Å². The van der Waals surface area contributed by atoms with E-state index >= 15 is 0 Å². The molecule has 110 valence electrons. The first-order valence-corrected chi connectivity index (χ1v) is 8.51. The summed E-state index contributed by atoms with van der Waals surface area (Å²) < 4.78 is 14.8. The summed E-state index contributed by atoms with van der Waals surface area (Å²) >= 11 is 1.64. The molecule has 1 fully saturated rings. The van der Waals surface area contributed by atoms with Crippen LogP contribution >= 0.6 is 11.3 Å². The molecule has 1 aromatic carbocycles. The van der Waals surface area contributed by atoms with Gasteiger partial charge < -0.3 is 4.90 Å². The van der Waals surface area contributed by atoms with Crippen molar-refractivity contribution >= 4 is 27.0 Å². The molecule has 2 aliphatic rings. The average molecular weight is 301 g/mol. The molecule has 1 heterocycles. The molecule has 0 saturated heterocycles. The standard InChI is InChI=1S/C18H20FNS/c1-20(2)10-14-11-6-7-12(8-11)17(14)16-9-13-4-3-5-15(19)18(13)21-16/h3-5,9,11-12H,6-8,10H2,1-2H3. The Bertz CT molecular complexity index is 728. The molecule has 2 atom stereocenters. The second-order valence-corrected chi connectivity index (χ2v) is 7.70. The molecular formula is C18H20FNS. The second-order valence-electron chi connectivity index (χ2n) is 6.65. The minimum atomic E-state index is -0.0818. The lowest BCUT2D eigenvalue weighted by Gasteiger charge is -2.22. The fourth-order valence-corrected chi connectivity index (χ4v) is 5.34. The third-order valence-corrected chi connectivity index (χ3v) is 6.12. The average Bonchev–Trinajstić information content (AvgIpc) is 3.11. The van der Waals surface area contributed by atoms with E-state index in [4.69, 9.17) is 0 Å². The maximum absolute atomic E-state index is 14.0. The van der Waals surface area contributed by atoms with Gasteiger partial charge in [0.25, 0.3) is 0 Å². The molecule has 1 aromatic heterocycles. The number of nitrogens with zero attached hydrogens (tertiary/aromatic N) is 1. The summed E-state index contributed by atoms with van der Waals surface area (Å²) in [5.74, 6) is 1.39. The molecule has 2 unspecified atom stereocenters. The van der Waals surface area contributed by atoms with Crippen LogP contribution in [0.25, 0.3) is 15.7 Å². The maximum atomic E-state index is 14.0. The zero-order valence-electron chi connectivity index (χ0n) is 12.5. The van der Waals surface area contributed by atoms with E-state index in [1.807, 2.05) is 12.1 Å². The van der Waals surface area contributed by atoms with Crippen molar-refractivity contribution in [3.63, 3.8) is 0 Å². The van der Waals surface area contributed by atoms with Crippen molar-refractivity contribution in [2.45, 2.75) is 19.3 Å². The second kappa shape index (κ2) is 4.92. The molecule has 1 nitrogen and oxygen atoms in total. The maximum Gasteiger partial charge on any atom is 0.141 e. The van der Waals surface area contributed by atoms with Crippen molar-refractivity contribution in [1.82, 2.24) is 4.90 Å². The van der Waals surface area contributed by atoms with Gasteiger partial charge in [0.15, 0.2) is 0 Å². The molecule has 3 heteroatoms. The van der Waals surface area contributed by atoms with E-state index in [1.165, 1.54) is 24.1 Å². The molecule has 0 N–H and O–H groups in total. The lowest BCUT2D eigenvalue weighted by atomic mass is 9.90. The molecule has 0 amide bonds. The number of benzene rings is 1. The van der Waals surface area contributed by atoms with E-state index < -0.39 is 0 Å². The summed E-state index contributed by atoms with van der Waals surface area (Å²) in [5, 5.41) is 1.05. The minimum Gasteiger partial charge on any atom is -0.305 e. The Morgan fingerprint density at radius 1 is 1.24 bits per heavy atom. The Kier molecular flexibility index (Phi) is 3.16. The highest BCUT2D eigenvalue weighted by molar-refractivity contribution is 7.20. The smallest absolute Gasteiger partial charge is 0.141 e. The predicted molar refractivity (Wildman–Crippen MR) is 88.1 cm³/mol. The van der Waals surface area contributed by atoms with Crippen LogP contribution in [0.15, 0.2) is 29.8 Å². The first-order chi connectivity index (χ1) is 10.1. The van der Waals surface area contributed by atoms with Gasteiger partial charge in [0.2, 0.25) is 0 Å². The lowest BCUT2D eigenvalue weighted by Crippen LogP contribution is -2.19. The number of fused-ring (bicyclic) bond motifs is 3. The van der Waals surface area contributed by atoms with Crippen LogP contribution in [-0.2, 0) is 0 Å². The van der Waals surface area contributed by atoms with Crippen LogP contribution in [-0.4, -0.2) is 25.5 Å². The Morgan fingerprint density at radius 2 is 2.05 bits per heavy atom. The number of rotatable bonds is 3. The summed E-state index contributed by atoms with van der Waals surface area (Å²) in [6.45, 7) is 1.05. The molecule has 2 bridgehead atoms. The van der Waals surface area contributed by atoms with Crippen molar-refractivity contribution in [3.05, 3.63) is 40.5 Å². The van der Waals surface area contributed by atoms with Crippen LogP contribution in [0, 0.1) is 17.7 Å². The summed E-state index contributed by atoms with van der Waals surface area (Å²) in [4.78, 5) is 3.57. The van der Waals surface area contributed by atoms with E-state index in [9.17, 15) is 4.39 Å². The Morgan fingerprint density at radius 3 is 2.81 bits per heavy atom. The minimum absolute atomic E-state index is 0.0818. The molecular weight excluding hydrogens is 281 g/mol. The molecule has 0 radical (unpaired) electrons. The number of likely N-dealkylation sites (N-methyl/N-ethyl adjacent to an activating group) is 1. The van der Waals surface area contributed by atoms with Crippen molar-refractivity contribution in [3.8, 4) is 0 Å². The Hall–Kier alpha value is -1.19. The van der Waals surface area contributed by atoms with Crippen molar-refractivity contribution in [1.29, 1.82) is 0 Å². The molecule has 1 saturated carbocycles. The number of hydrogen-bond donors (Lipinski definition) is 0. The van der Waals surface area contributed by atoms with E-state index in [-0.39, 0.29) is 5.82 Å². The monoisotopic (exact) mass is 301 g/mol. The van der Waals surface area contributed by atoms with Gasteiger partial charge in [0.1, 0.15) is 5.82 Å². The zero-order valence-corrected chi connectivity index (χ0v) is 13.3. The number of halogens is 1. The number of thiophene rings is 1. The van der Waals surface area contributed by atoms with Crippen LogP contribution in [0.3, 0.4) is 0 Å². The van der Waals surface area contributed by atoms with Gasteiger partial charge in [-0.25, -0.2) is 4.39 Å². The van der Waals surface area contributed by atoms with Gasteiger partial charge in [-0.1, -0.05) is 12.1 Å². The molecule has 2 aromatic rings. The van der Waals surface area contributed by atoms with Gasteiger partial charge in [0, 0.05) is 11.4 Å². The first kappa shape index (κ1) is 13.5. The summed E-state index contributed by atoms with van der Waals surface area (Å²) in [7, 11) is 4.28. The number of hydrogen-bond acceptors (Lipinski definition) is 2. The molecule has 2 aliphatic carbocycles. The van der Waals surface area contributed by atoms with Gasteiger partial charge in [-0.2, -0.15) is 0 Å². The van der Waals surface area contributed by atoms with Gasteiger partial charge in [-0.05, 0) is 73.9 Å². The van der Waals surface area contributed by atoms with Crippen LogP contribution in [0.2, 0.25) is 0 Å². The molecule has 21 heavy (non-hydrogen) atoms. The zero-order chi connectivity index (χ0) is 14.6. The SMILES string of the molecule is CN(C)CC1=C(c2cc3cccc(F)c3s2)C2CCC1C2. The van der Waals surface area contributed by atoms with Gasteiger partial charge >= 0.3 is 0 Å². The van der Waals surface area contributed by atoms with Gasteiger partial charge in [-0.3, -0.25) is 0 Å². The normalized spacial score (nSPS) is 24.8. The highest BCUT2D eigenvalue weighted by Gasteiger charge is 2.39. The fourth-order valence-electron chi connectivity index (χ4n) is 4.12. The van der Waals surface area contributed by atoms with Crippen molar-refractivity contribution in [2.24, 2.45) is 11.8 Å². The first-order valence-electron chi connectivity index (χ1n) is 7.69. The van der Waals surface area contributed by atoms with E-state index in [0.29, 0.717) is 5.92 Å². The van der Waals surface area contributed by atoms with Gasteiger partial charge in [-0.15, -0.1) is 11.3 Å². The largest absolute Gasteiger partial charge is 0.305 e. The van der Waals surface area contributed by atoms with Gasteiger partial charge in [0.05, 0.1) is 4.70 Å². The lowest BCUT2D eigenvalue weighted by molar-refractivity contribution is 0.423. The summed E-state index contributed by atoms with van der Waals surface area (Å²) in [6.07, 6.45) is 3.97. The van der Waals surface area contributed by atoms with E-state index in [2.05, 4.69) is 25.1 Å². The van der Waals surface area contributed by atoms with Crippen LogP contribution in [0.4, 0.5) is 4.39 Å². The van der Waals surface area contributed by atoms with Crippen LogP contribution in [0.5, 0.6) is 0 Å². The van der Waals surface area contributed by atoms with Crippen LogP contribution < -0.4 is 0 Å². The fraction of sp³-hybridized carbons (Fsp3) is 0.444. The third kappa shape index (κ3) is 2.14. The molecule has 4 rings (SSSR count). The quantitative estimate of drug-likeness (QED) is 0.788. The Labute approximate surface area is 129 Å². The van der Waals surface area contributed by atoms with Crippen molar-refractivity contribution < 1.29 is 4.39 Å². The van der Waals surface area contributed by atoms with Crippen molar-refractivity contribution in [2.75, 3.05) is 20.6 Å². The summed E-state index contributed by atoms with van der Waals surface area (Å²) in [6, 6.07) is 7.61. The topological polar surface area (TPSA) is 3.24 Å². The summed E-state index contributed by atoms with van der Waals surface area (Å²) in [5.41, 5.74) is 3.16. The van der Waals surface area contributed by atoms with E-state index in [1.54, 1.807) is 28.5 Å². The highest BCUT2D eigenvalue weighted by atomic mass is 32.1. The van der Waals surface area contributed by atoms with E-state index in [0.717, 1.165) is 22.5 Å². The third-order valence-electron chi connectivity index (χ3n) is 4.93. The number of allylic oxidation sites excluding steroid dienone is 1. The molecule has 0 aliphatic heterocycles. The predicted octanol–water partition coefficient (Wildman–Crippen LogP) is 4.79.